The molecule has 0 aliphatic rings. The Morgan fingerprint density at radius 2 is 1.00 bits per heavy atom. The van der Waals surface area contributed by atoms with E-state index in [1.54, 1.807) is 0 Å². The number of rotatable bonds is 10. The zero-order valence-electron chi connectivity index (χ0n) is 16.9. The molecule has 0 aromatic carbocycles. The van der Waals surface area contributed by atoms with E-state index in [2.05, 4.69) is 0 Å². The summed E-state index contributed by atoms with van der Waals surface area (Å²) in [6, 6.07) is 0. The van der Waals surface area contributed by atoms with Gasteiger partial charge < -0.3 is 36.5 Å². The van der Waals surface area contributed by atoms with Gasteiger partial charge >= 0.3 is 22.9 Å². The average Bonchev–Trinajstić information content (AvgIpc) is 2.59. The molecule has 8 nitrogen and oxygen atoms in total. The summed E-state index contributed by atoms with van der Waals surface area (Å²) in [5.41, 5.74) is 0. The van der Waals surface area contributed by atoms with Crippen LogP contribution in [0.2, 0.25) is 6.55 Å². The van der Waals surface area contributed by atoms with Crippen LogP contribution < -0.4 is 0 Å². The van der Waals surface area contributed by atoms with Crippen molar-refractivity contribution in [2.75, 3.05) is 47.4 Å². The SMILES string of the molecule is C=O.CCO[Si](C)(OCC)OCC.CO[Si](CO)(OC)OC.Cl[Si](Cl)(Cl)Cl. The van der Waals surface area contributed by atoms with Crippen molar-refractivity contribution in [3.63, 3.8) is 0 Å². The fraction of sp³-hybridized carbons (Fsp3) is 0.917. The maximum absolute atomic E-state index is 8.66. The van der Waals surface area contributed by atoms with Crippen LogP contribution in [-0.2, 0) is 31.4 Å². The first kappa shape index (κ1) is 35.6. The Hall–Kier alpha value is 1.20. The van der Waals surface area contributed by atoms with Gasteiger partial charge in [-0.25, -0.2) is 0 Å². The van der Waals surface area contributed by atoms with Gasteiger partial charge in [0.15, 0.2) is 0 Å². The molecular weight excluding hydrogens is 498 g/mol. The molecule has 0 unspecified atom stereocenters. The van der Waals surface area contributed by atoms with Gasteiger partial charge in [-0.1, -0.05) is 0 Å². The average molecular weight is 530 g/mol. The molecule has 0 heterocycles. The lowest BCUT2D eigenvalue weighted by Gasteiger charge is -2.23. The van der Waals surface area contributed by atoms with E-state index in [1.165, 1.54) is 21.3 Å². The maximum Gasteiger partial charge on any atom is 0.527 e. The molecule has 0 radical (unpaired) electrons. The highest BCUT2D eigenvalue weighted by molar-refractivity contribution is 7.81. The normalized spacial score (nSPS) is 11.3. The van der Waals surface area contributed by atoms with Gasteiger partial charge in [-0.2, -0.15) is 0 Å². The molecule has 0 saturated carbocycles. The Kier molecular flexibility index (Phi) is 28.9. The van der Waals surface area contributed by atoms with E-state index < -0.39 is 22.9 Å². The third kappa shape index (κ3) is 27.2. The van der Waals surface area contributed by atoms with Crippen molar-refractivity contribution < 1.29 is 36.5 Å². The standard InChI is InChI=1S/C7H18O3Si.C4H12O4Si.CH2O.Cl4Si/c1-5-8-11(4,9-6-2)10-7-3;1-6-9(4-5,7-2)8-3;1-2;1-5(2,3)4/h5-7H2,1-4H3;5H,4H2,1-3H3;1H2;. The minimum Gasteiger partial charge on any atom is -0.392 e. The molecule has 0 rings (SSSR count). The van der Waals surface area contributed by atoms with Crippen LogP contribution in [-0.4, -0.2) is 82.2 Å². The molecule has 0 saturated heterocycles. The third-order valence-electron chi connectivity index (χ3n) is 2.35. The molecular formula is C12H32Cl4O8Si3. The quantitative estimate of drug-likeness (QED) is 0.340. The van der Waals surface area contributed by atoms with Crippen molar-refractivity contribution in [2.45, 2.75) is 27.3 Å². The molecule has 27 heavy (non-hydrogen) atoms. The lowest BCUT2D eigenvalue weighted by Crippen LogP contribution is -2.47. The van der Waals surface area contributed by atoms with E-state index >= 15 is 0 Å². The van der Waals surface area contributed by atoms with Crippen molar-refractivity contribution in [1.29, 1.82) is 0 Å². The van der Waals surface area contributed by atoms with Crippen LogP contribution in [0.25, 0.3) is 0 Å². The molecule has 0 aromatic rings. The molecule has 0 aliphatic heterocycles. The zero-order valence-corrected chi connectivity index (χ0v) is 22.9. The van der Waals surface area contributed by atoms with Crippen LogP contribution in [0.5, 0.6) is 0 Å². The summed E-state index contributed by atoms with van der Waals surface area (Å²) < 4.78 is 30.7. The van der Waals surface area contributed by atoms with Crippen LogP contribution in [0.1, 0.15) is 20.8 Å². The van der Waals surface area contributed by atoms with Gasteiger partial charge in [0.25, 0.3) is 0 Å². The topological polar surface area (TPSA) is 92.7 Å². The second kappa shape index (κ2) is 21.9. The Morgan fingerprint density at radius 3 is 1.07 bits per heavy atom. The highest BCUT2D eigenvalue weighted by Gasteiger charge is 2.36. The number of carbonyl (C=O) groups is 1. The van der Waals surface area contributed by atoms with Crippen LogP contribution in [0, 0.1) is 0 Å². The second-order valence-electron chi connectivity index (χ2n) is 4.04. The van der Waals surface area contributed by atoms with Crippen molar-refractivity contribution >= 4 is 74.0 Å². The number of carbonyl (C=O) groups excluding carboxylic acids is 1. The van der Waals surface area contributed by atoms with E-state index in [9.17, 15) is 0 Å². The Bertz CT molecular complexity index is 272. The number of aliphatic hydroxyl groups excluding tert-OH is 1. The molecule has 0 aliphatic carbocycles. The predicted octanol–water partition coefficient (Wildman–Crippen LogP) is 3.25. The van der Waals surface area contributed by atoms with E-state index in [1.807, 2.05) is 34.1 Å². The van der Waals surface area contributed by atoms with Gasteiger partial charge in [-0.15, -0.1) is 44.3 Å². The van der Waals surface area contributed by atoms with Crippen molar-refractivity contribution in [3.8, 4) is 0 Å². The van der Waals surface area contributed by atoms with Crippen molar-refractivity contribution in [1.82, 2.24) is 0 Å². The molecule has 1 N–H and O–H groups in total. The summed E-state index contributed by atoms with van der Waals surface area (Å²) in [6.45, 7) is 11.7. The molecule has 0 atom stereocenters. The highest BCUT2D eigenvalue weighted by Crippen LogP contribution is 2.23. The van der Waals surface area contributed by atoms with Crippen molar-refractivity contribution in [3.05, 3.63) is 0 Å². The Morgan fingerprint density at radius 1 is 0.778 bits per heavy atom. The molecule has 0 amide bonds. The monoisotopic (exact) mass is 528 g/mol. The minimum atomic E-state index is -2.72. The first-order chi connectivity index (χ1) is 12.4. The fourth-order valence-corrected chi connectivity index (χ4v) is 4.07. The summed E-state index contributed by atoms with van der Waals surface area (Å²) in [7, 11) is -0.524. The molecule has 15 heteroatoms. The van der Waals surface area contributed by atoms with Crippen molar-refractivity contribution in [2.24, 2.45) is 0 Å². The lowest BCUT2D eigenvalue weighted by molar-refractivity contribution is -0.0980. The van der Waals surface area contributed by atoms with Crippen LogP contribution in [0.15, 0.2) is 0 Å². The zero-order chi connectivity index (χ0) is 22.6. The second-order valence-corrected chi connectivity index (χ2v) is 20.7. The van der Waals surface area contributed by atoms with E-state index in [0.29, 0.717) is 19.8 Å². The van der Waals surface area contributed by atoms with E-state index in [0.717, 1.165) is 0 Å². The van der Waals surface area contributed by atoms with Crippen LogP contribution in [0.3, 0.4) is 0 Å². The molecule has 168 valence electrons. The van der Waals surface area contributed by atoms with Gasteiger partial charge in [0, 0.05) is 47.7 Å². The third-order valence-corrected chi connectivity index (χ3v) is 7.04. The fourth-order valence-electron chi connectivity index (χ4n) is 1.36. The molecule has 0 aromatic heterocycles. The summed E-state index contributed by atoms with van der Waals surface area (Å²) in [6.07, 6.45) is -0.184. The van der Waals surface area contributed by atoms with Crippen LogP contribution >= 0.6 is 44.3 Å². The maximum atomic E-state index is 8.66. The largest absolute Gasteiger partial charge is 0.527 e. The predicted molar refractivity (Wildman–Crippen MR) is 117 cm³/mol. The van der Waals surface area contributed by atoms with E-state index in [4.69, 9.17) is 80.8 Å². The van der Waals surface area contributed by atoms with Gasteiger partial charge in [0.05, 0.1) is 0 Å². The molecule has 0 bridgehead atoms. The van der Waals surface area contributed by atoms with Gasteiger partial charge in [-0.05, 0) is 20.8 Å². The lowest BCUT2D eigenvalue weighted by atomic mass is 10.9. The van der Waals surface area contributed by atoms with Crippen LogP contribution in [0.4, 0.5) is 0 Å². The number of hydrogen-bond acceptors (Lipinski definition) is 8. The Labute approximate surface area is 184 Å². The number of halogens is 4. The highest BCUT2D eigenvalue weighted by atomic mass is 36.0. The minimum absolute atomic E-state index is 0.184. The summed E-state index contributed by atoms with van der Waals surface area (Å²) >= 11 is 19.9. The molecule has 0 spiro atoms. The molecule has 0 fully saturated rings. The summed E-state index contributed by atoms with van der Waals surface area (Å²) in [5, 5.41) is 5.94. The van der Waals surface area contributed by atoms with E-state index in [-0.39, 0.29) is 6.23 Å². The van der Waals surface area contributed by atoms with Gasteiger partial charge in [0.2, 0.25) is 0 Å². The first-order valence-electron chi connectivity index (χ1n) is 7.65. The van der Waals surface area contributed by atoms with Gasteiger partial charge in [-0.3, -0.25) is 0 Å². The number of hydrogen-bond donors (Lipinski definition) is 1. The summed E-state index contributed by atoms with van der Waals surface area (Å²) in [5.74, 6) is 0. The number of aliphatic hydroxyl groups is 1. The smallest absolute Gasteiger partial charge is 0.392 e. The first-order valence-corrected chi connectivity index (χ1v) is 17.9. The Balaban J connectivity index is -0.000000148. The van der Waals surface area contributed by atoms with Gasteiger partial charge in [0.1, 0.15) is 13.0 Å². The summed E-state index contributed by atoms with van der Waals surface area (Å²) in [4.78, 5) is 8.00.